The van der Waals surface area contributed by atoms with Crippen molar-refractivity contribution < 1.29 is 22.3 Å². The molecule has 1 atom stereocenters. The van der Waals surface area contributed by atoms with E-state index < -0.39 is 29.1 Å². The van der Waals surface area contributed by atoms with E-state index in [1.165, 1.54) is 6.07 Å². The molecule has 21 heavy (non-hydrogen) atoms. The Morgan fingerprint density at radius 3 is 2.38 bits per heavy atom. The number of anilines is 1. The number of alkyl halides is 2. The van der Waals surface area contributed by atoms with Crippen molar-refractivity contribution in [3.05, 3.63) is 23.3 Å². The average Bonchev–Trinajstić information content (AvgIpc) is 2.43. The van der Waals surface area contributed by atoms with Gasteiger partial charge in [0.15, 0.2) is 0 Å². The first-order valence-corrected chi connectivity index (χ1v) is 8.08. The Kier molecular flexibility index (Phi) is 6.06. The number of nitrogens with one attached hydrogen (secondary N) is 1. The third kappa shape index (κ3) is 4.36. The standard InChI is InChI=1S/C13H20F2N2O3S/c1-3-8-5-10(16)9(4-2)12(6-8)21(19,20)17-7-11(18)13(14)15/h5-6,11,13,17-18H,3-4,7,16H2,1-2H3. The lowest BCUT2D eigenvalue weighted by molar-refractivity contribution is -0.000452. The van der Waals surface area contributed by atoms with Crippen LogP contribution in [0, 0.1) is 0 Å². The molecular weight excluding hydrogens is 302 g/mol. The Bertz CT molecular complexity index is 591. The number of hydrogen-bond acceptors (Lipinski definition) is 4. The normalized spacial score (nSPS) is 13.6. The van der Waals surface area contributed by atoms with Gasteiger partial charge < -0.3 is 10.8 Å². The summed E-state index contributed by atoms with van der Waals surface area (Å²) in [6, 6.07) is 3.18. The SMILES string of the molecule is CCc1cc(N)c(CC)c(S(=O)(=O)NCC(O)C(F)F)c1. The molecule has 0 aliphatic rings. The highest BCUT2D eigenvalue weighted by atomic mass is 32.2. The van der Waals surface area contributed by atoms with E-state index in [-0.39, 0.29) is 4.90 Å². The van der Waals surface area contributed by atoms with Gasteiger partial charge in [0.05, 0.1) is 4.90 Å². The van der Waals surface area contributed by atoms with Gasteiger partial charge in [0, 0.05) is 12.2 Å². The summed E-state index contributed by atoms with van der Waals surface area (Å²) in [5.41, 5.74) is 7.37. The molecule has 1 rings (SSSR count). The molecule has 0 aliphatic carbocycles. The lowest BCUT2D eigenvalue weighted by Gasteiger charge is -2.16. The van der Waals surface area contributed by atoms with E-state index in [4.69, 9.17) is 10.8 Å². The molecule has 0 radical (unpaired) electrons. The maximum atomic E-state index is 12.2. The second kappa shape index (κ2) is 7.15. The predicted molar refractivity (Wildman–Crippen MR) is 76.8 cm³/mol. The quantitative estimate of drug-likeness (QED) is 0.660. The molecule has 0 fully saturated rings. The van der Waals surface area contributed by atoms with Gasteiger partial charge >= 0.3 is 0 Å². The molecule has 0 aromatic heterocycles. The van der Waals surface area contributed by atoms with Crippen LogP contribution in [0.4, 0.5) is 14.5 Å². The van der Waals surface area contributed by atoms with Crippen LogP contribution in [-0.2, 0) is 22.9 Å². The molecular formula is C13H20F2N2O3S. The smallest absolute Gasteiger partial charge is 0.265 e. The van der Waals surface area contributed by atoms with Crippen molar-refractivity contribution in [3.63, 3.8) is 0 Å². The number of rotatable bonds is 7. The van der Waals surface area contributed by atoms with Gasteiger partial charge in [0.25, 0.3) is 6.43 Å². The first-order chi connectivity index (χ1) is 9.72. The van der Waals surface area contributed by atoms with Gasteiger partial charge in [0.1, 0.15) is 6.10 Å². The summed E-state index contributed by atoms with van der Waals surface area (Å²) < 4.78 is 50.9. The molecule has 1 aromatic carbocycles. The van der Waals surface area contributed by atoms with Crippen molar-refractivity contribution in [1.82, 2.24) is 4.72 Å². The summed E-state index contributed by atoms with van der Waals surface area (Å²) in [7, 11) is -4.01. The molecule has 1 aromatic rings. The van der Waals surface area contributed by atoms with Gasteiger partial charge in [-0.3, -0.25) is 0 Å². The van der Waals surface area contributed by atoms with Crippen LogP contribution in [0.2, 0.25) is 0 Å². The van der Waals surface area contributed by atoms with Crippen molar-refractivity contribution in [3.8, 4) is 0 Å². The maximum Gasteiger partial charge on any atom is 0.265 e. The minimum absolute atomic E-state index is 0.0247. The number of nitrogen functional groups attached to an aromatic ring is 1. The number of benzene rings is 1. The van der Waals surface area contributed by atoms with E-state index in [9.17, 15) is 17.2 Å². The van der Waals surface area contributed by atoms with Gasteiger partial charge in [-0.25, -0.2) is 21.9 Å². The van der Waals surface area contributed by atoms with Crippen LogP contribution in [-0.4, -0.2) is 32.6 Å². The second-order valence-electron chi connectivity index (χ2n) is 4.62. The van der Waals surface area contributed by atoms with E-state index in [0.29, 0.717) is 24.1 Å². The van der Waals surface area contributed by atoms with E-state index in [2.05, 4.69) is 0 Å². The third-order valence-corrected chi connectivity index (χ3v) is 4.62. The molecule has 0 bridgehead atoms. The number of aryl methyl sites for hydroxylation is 1. The summed E-state index contributed by atoms with van der Waals surface area (Å²) >= 11 is 0. The summed E-state index contributed by atoms with van der Waals surface area (Å²) in [5.74, 6) is 0. The van der Waals surface area contributed by atoms with Crippen LogP contribution in [0.5, 0.6) is 0 Å². The second-order valence-corrected chi connectivity index (χ2v) is 6.36. The molecule has 0 saturated heterocycles. The van der Waals surface area contributed by atoms with Gasteiger partial charge in [-0.05, 0) is 36.1 Å². The van der Waals surface area contributed by atoms with Gasteiger partial charge in [0.2, 0.25) is 10.0 Å². The Labute approximate surface area is 123 Å². The summed E-state index contributed by atoms with van der Waals surface area (Å²) in [5, 5.41) is 9.02. The largest absolute Gasteiger partial charge is 0.398 e. The Morgan fingerprint density at radius 2 is 1.90 bits per heavy atom. The first-order valence-electron chi connectivity index (χ1n) is 6.60. The summed E-state index contributed by atoms with van der Waals surface area (Å²) in [4.78, 5) is -0.0247. The van der Waals surface area contributed by atoms with Crippen molar-refractivity contribution in [2.75, 3.05) is 12.3 Å². The lowest BCUT2D eigenvalue weighted by Crippen LogP contribution is -2.36. The zero-order valence-electron chi connectivity index (χ0n) is 11.9. The molecule has 1 unspecified atom stereocenters. The minimum atomic E-state index is -4.01. The number of nitrogens with two attached hydrogens (primary N) is 1. The number of sulfonamides is 1. The van der Waals surface area contributed by atoms with Crippen LogP contribution in [0.25, 0.3) is 0 Å². The van der Waals surface area contributed by atoms with Crippen LogP contribution >= 0.6 is 0 Å². The van der Waals surface area contributed by atoms with Crippen LogP contribution < -0.4 is 10.5 Å². The first kappa shape index (κ1) is 17.8. The number of aliphatic hydroxyl groups is 1. The zero-order chi connectivity index (χ0) is 16.2. The highest BCUT2D eigenvalue weighted by Crippen LogP contribution is 2.25. The van der Waals surface area contributed by atoms with Crippen LogP contribution in [0.3, 0.4) is 0 Å². The van der Waals surface area contributed by atoms with E-state index in [1.54, 1.807) is 13.0 Å². The number of halogens is 2. The third-order valence-electron chi connectivity index (χ3n) is 3.13. The monoisotopic (exact) mass is 322 g/mol. The molecule has 0 aliphatic heterocycles. The van der Waals surface area contributed by atoms with Gasteiger partial charge in [-0.15, -0.1) is 0 Å². The van der Waals surface area contributed by atoms with Crippen molar-refractivity contribution in [2.24, 2.45) is 0 Å². The fraction of sp³-hybridized carbons (Fsp3) is 0.538. The van der Waals surface area contributed by atoms with E-state index >= 15 is 0 Å². The molecule has 0 amide bonds. The maximum absolute atomic E-state index is 12.2. The Morgan fingerprint density at radius 1 is 1.29 bits per heavy atom. The zero-order valence-corrected chi connectivity index (χ0v) is 12.8. The average molecular weight is 322 g/mol. The molecule has 0 saturated carbocycles. The summed E-state index contributed by atoms with van der Waals surface area (Å²) in [6.45, 7) is 2.86. The fourth-order valence-corrected chi connectivity index (χ4v) is 3.35. The molecule has 8 heteroatoms. The van der Waals surface area contributed by atoms with Crippen LogP contribution in [0.1, 0.15) is 25.0 Å². The lowest BCUT2D eigenvalue weighted by atomic mass is 10.1. The number of hydrogen-bond donors (Lipinski definition) is 3. The van der Waals surface area contributed by atoms with Gasteiger partial charge in [-0.2, -0.15) is 0 Å². The Balaban J connectivity index is 3.15. The minimum Gasteiger partial charge on any atom is -0.398 e. The molecule has 4 N–H and O–H groups in total. The summed E-state index contributed by atoms with van der Waals surface area (Å²) in [6.07, 6.45) is -4.07. The van der Waals surface area contributed by atoms with Crippen LogP contribution in [0.15, 0.2) is 17.0 Å². The van der Waals surface area contributed by atoms with Crippen molar-refractivity contribution in [1.29, 1.82) is 0 Å². The Hall–Kier alpha value is -1.25. The van der Waals surface area contributed by atoms with Crippen molar-refractivity contribution in [2.45, 2.75) is 44.1 Å². The topological polar surface area (TPSA) is 92.4 Å². The molecule has 120 valence electrons. The van der Waals surface area contributed by atoms with Gasteiger partial charge in [-0.1, -0.05) is 13.8 Å². The molecule has 0 spiro atoms. The van der Waals surface area contributed by atoms with E-state index in [1.807, 2.05) is 11.6 Å². The molecule has 5 nitrogen and oxygen atoms in total. The highest BCUT2D eigenvalue weighted by Gasteiger charge is 2.24. The van der Waals surface area contributed by atoms with Crippen molar-refractivity contribution >= 4 is 15.7 Å². The molecule has 0 heterocycles. The fourth-order valence-electron chi connectivity index (χ4n) is 1.91. The number of aliphatic hydroxyl groups excluding tert-OH is 1. The van der Waals surface area contributed by atoms with E-state index in [0.717, 1.165) is 5.56 Å². The predicted octanol–water partition coefficient (Wildman–Crippen LogP) is 1.30. The highest BCUT2D eigenvalue weighted by molar-refractivity contribution is 7.89.